The molecular weight excluding hydrogens is 804 g/mol. The molecule has 0 aliphatic rings. The van der Waals surface area contributed by atoms with Gasteiger partial charge in [-0.05, 0) is 70.6 Å². The Bertz CT molecular complexity index is 1170. The van der Waals surface area contributed by atoms with Gasteiger partial charge in [-0.1, -0.05) is 210 Å². The highest BCUT2D eigenvalue weighted by Crippen LogP contribution is 2.38. The number of carbonyl (C=O) groups is 1. The van der Waals surface area contributed by atoms with E-state index in [2.05, 4.69) is 55.6 Å². The first-order chi connectivity index (χ1) is 30.5. The van der Waals surface area contributed by atoms with Crippen molar-refractivity contribution in [1.82, 2.24) is 5.32 Å². The molecule has 1 amide bonds. The van der Waals surface area contributed by atoms with Gasteiger partial charge in [0.15, 0.2) is 0 Å². The van der Waals surface area contributed by atoms with E-state index in [1.807, 2.05) is 27.2 Å². The summed E-state index contributed by atoms with van der Waals surface area (Å²) >= 11 is 0. The molecule has 0 aromatic heterocycles. The summed E-state index contributed by atoms with van der Waals surface area (Å²) in [4.78, 5) is 25.4. The molecule has 3 atom stereocenters. The lowest BCUT2D eigenvalue weighted by Crippen LogP contribution is -2.45. The van der Waals surface area contributed by atoms with E-state index >= 15 is 0 Å². The second-order valence-corrected chi connectivity index (χ2v) is 20.6. The molecule has 8 nitrogen and oxygen atoms in total. The van der Waals surface area contributed by atoms with Crippen molar-refractivity contribution in [3.63, 3.8) is 0 Å². The minimum Gasteiger partial charge on any atom is -0.756 e. The zero-order valence-electron chi connectivity index (χ0n) is 42.0. The van der Waals surface area contributed by atoms with Gasteiger partial charge in [0.05, 0.1) is 39.9 Å². The van der Waals surface area contributed by atoms with Crippen LogP contribution in [0.3, 0.4) is 0 Å². The highest BCUT2D eigenvalue weighted by molar-refractivity contribution is 7.45. The first-order valence-corrected chi connectivity index (χ1v) is 28.0. The molecular formula is C54H103N2O6P. The molecule has 0 heterocycles. The van der Waals surface area contributed by atoms with Gasteiger partial charge in [0, 0.05) is 6.42 Å². The summed E-state index contributed by atoms with van der Waals surface area (Å²) in [5, 5.41) is 13.8. The smallest absolute Gasteiger partial charge is 0.268 e. The van der Waals surface area contributed by atoms with Gasteiger partial charge >= 0.3 is 0 Å². The first-order valence-electron chi connectivity index (χ1n) is 26.5. The molecule has 3 unspecified atom stereocenters. The van der Waals surface area contributed by atoms with Gasteiger partial charge in [-0.25, -0.2) is 0 Å². The minimum absolute atomic E-state index is 0.0104. The number of unbranched alkanes of at least 4 members (excludes halogenated alkanes) is 29. The Labute approximate surface area is 390 Å². The Balaban J connectivity index is 4.38. The molecule has 0 aromatic rings. The SMILES string of the molecule is CCCCCCCCCCC/C=C\CCCCCCCCCC(=O)NC(COP(=O)([O-])OCC[N+](C)(C)C)C(O)/C=C/CC/C=C/CC/C=C/CCCCCCCCCCCCC. The number of quaternary nitrogens is 1. The van der Waals surface area contributed by atoms with Gasteiger partial charge in [0.1, 0.15) is 13.2 Å². The summed E-state index contributed by atoms with van der Waals surface area (Å²) in [7, 11) is 1.23. The number of aliphatic hydroxyl groups excluding tert-OH is 1. The van der Waals surface area contributed by atoms with Gasteiger partial charge < -0.3 is 28.8 Å². The van der Waals surface area contributed by atoms with Gasteiger partial charge in [-0.15, -0.1) is 0 Å². The van der Waals surface area contributed by atoms with E-state index in [4.69, 9.17) is 9.05 Å². The Morgan fingerprint density at radius 2 is 0.889 bits per heavy atom. The van der Waals surface area contributed by atoms with Crippen molar-refractivity contribution in [3.05, 3.63) is 48.6 Å². The topological polar surface area (TPSA) is 108 Å². The maximum absolute atomic E-state index is 12.9. The highest BCUT2D eigenvalue weighted by atomic mass is 31.2. The summed E-state index contributed by atoms with van der Waals surface area (Å²) in [6.45, 7) is 4.63. The fourth-order valence-corrected chi connectivity index (χ4v) is 8.26. The number of phosphoric acid groups is 1. The average Bonchev–Trinajstić information content (AvgIpc) is 3.24. The molecule has 0 aromatic carbocycles. The summed E-state index contributed by atoms with van der Waals surface area (Å²) in [6.07, 6.45) is 58.9. The number of phosphoric ester groups is 1. The number of allylic oxidation sites excluding steroid dienone is 7. The molecule has 0 rings (SSSR count). The lowest BCUT2D eigenvalue weighted by Gasteiger charge is -2.29. The molecule has 0 bridgehead atoms. The number of hydrogen-bond donors (Lipinski definition) is 2. The molecule has 63 heavy (non-hydrogen) atoms. The Morgan fingerprint density at radius 1 is 0.540 bits per heavy atom. The van der Waals surface area contributed by atoms with Crippen LogP contribution in [-0.4, -0.2) is 68.5 Å². The molecule has 9 heteroatoms. The number of nitrogens with one attached hydrogen (secondary N) is 1. The molecule has 0 aliphatic heterocycles. The summed E-state index contributed by atoms with van der Waals surface area (Å²) in [5.74, 6) is -0.215. The van der Waals surface area contributed by atoms with Crippen molar-refractivity contribution in [3.8, 4) is 0 Å². The third-order valence-electron chi connectivity index (χ3n) is 11.7. The van der Waals surface area contributed by atoms with Crippen molar-refractivity contribution in [2.45, 2.75) is 251 Å². The third kappa shape index (κ3) is 48.2. The van der Waals surface area contributed by atoms with Crippen molar-refractivity contribution in [2.24, 2.45) is 0 Å². The van der Waals surface area contributed by atoms with E-state index in [1.54, 1.807) is 6.08 Å². The normalized spacial score (nSPS) is 14.5. The summed E-state index contributed by atoms with van der Waals surface area (Å²) in [6, 6.07) is -0.912. The molecule has 2 N–H and O–H groups in total. The summed E-state index contributed by atoms with van der Waals surface area (Å²) < 4.78 is 23.3. The van der Waals surface area contributed by atoms with Crippen LogP contribution in [0.1, 0.15) is 239 Å². The van der Waals surface area contributed by atoms with Crippen molar-refractivity contribution < 1.29 is 32.9 Å². The van der Waals surface area contributed by atoms with Crippen LogP contribution < -0.4 is 10.2 Å². The second-order valence-electron chi connectivity index (χ2n) is 19.2. The summed E-state index contributed by atoms with van der Waals surface area (Å²) in [5.41, 5.74) is 0. The lowest BCUT2D eigenvalue weighted by molar-refractivity contribution is -0.870. The quantitative estimate of drug-likeness (QED) is 0.0272. The van der Waals surface area contributed by atoms with Crippen LogP contribution in [0, 0.1) is 0 Å². The number of aliphatic hydroxyl groups is 1. The predicted octanol–water partition coefficient (Wildman–Crippen LogP) is 15.0. The van der Waals surface area contributed by atoms with Crippen LogP contribution in [0.4, 0.5) is 0 Å². The van der Waals surface area contributed by atoms with Crippen LogP contribution in [0.15, 0.2) is 48.6 Å². The van der Waals surface area contributed by atoms with E-state index in [-0.39, 0.29) is 12.5 Å². The van der Waals surface area contributed by atoms with Gasteiger partial charge in [-0.3, -0.25) is 9.36 Å². The monoisotopic (exact) mass is 907 g/mol. The largest absolute Gasteiger partial charge is 0.756 e. The molecule has 0 saturated heterocycles. The molecule has 0 fully saturated rings. The Hall–Kier alpha value is -1.54. The van der Waals surface area contributed by atoms with Gasteiger partial charge in [-0.2, -0.15) is 0 Å². The molecule has 0 spiro atoms. The zero-order chi connectivity index (χ0) is 46.4. The van der Waals surface area contributed by atoms with Crippen molar-refractivity contribution in [1.29, 1.82) is 0 Å². The van der Waals surface area contributed by atoms with Gasteiger partial charge in [0.2, 0.25) is 5.91 Å². The average molecular weight is 907 g/mol. The number of rotatable bonds is 48. The van der Waals surface area contributed by atoms with Crippen LogP contribution in [0.2, 0.25) is 0 Å². The lowest BCUT2D eigenvalue weighted by atomic mass is 10.1. The van der Waals surface area contributed by atoms with Crippen LogP contribution >= 0.6 is 7.82 Å². The van der Waals surface area contributed by atoms with E-state index < -0.39 is 26.6 Å². The number of carbonyl (C=O) groups excluding carboxylic acids is 1. The zero-order valence-corrected chi connectivity index (χ0v) is 42.9. The fraction of sp³-hybridized carbons (Fsp3) is 0.833. The minimum atomic E-state index is -4.61. The number of nitrogens with zero attached hydrogens (tertiary/aromatic N) is 1. The van der Waals surface area contributed by atoms with Crippen LogP contribution in [-0.2, 0) is 18.4 Å². The van der Waals surface area contributed by atoms with Gasteiger partial charge in [0.25, 0.3) is 7.82 Å². The molecule has 0 aliphatic carbocycles. The number of hydrogen-bond acceptors (Lipinski definition) is 6. The Kier molecular flexibility index (Phi) is 44.5. The third-order valence-corrected chi connectivity index (χ3v) is 12.7. The van der Waals surface area contributed by atoms with E-state index in [0.717, 1.165) is 44.9 Å². The van der Waals surface area contributed by atoms with Crippen molar-refractivity contribution in [2.75, 3.05) is 40.9 Å². The highest BCUT2D eigenvalue weighted by Gasteiger charge is 2.23. The van der Waals surface area contributed by atoms with E-state index in [1.165, 1.54) is 173 Å². The number of likely N-dealkylation sites (N-methyl/N-ethyl adjacent to an activating group) is 1. The standard InChI is InChI=1S/C54H103N2O6P/c1-6-8-10-12-14-16-18-20-22-24-26-28-29-31-33-35-37-39-41-43-45-47-53(57)52(51-62-63(59,60)61-50-49-56(3,4)5)55-54(58)48-46-44-42-40-38-36-34-32-30-27-25-23-21-19-17-15-13-11-9-7-2/h27,29-31,37,39,45,47,52-53,57H,6-26,28,32-36,38,40-44,46,48-51H2,1-5H3,(H-,55,58,59,60)/b30-27-,31-29+,39-37+,47-45+. The van der Waals surface area contributed by atoms with Crippen molar-refractivity contribution >= 4 is 13.7 Å². The first kappa shape index (κ1) is 61.5. The maximum atomic E-state index is 12.9. The van der Waals surface area contributed by atoms with Crippen LogP contribution in [0.25, 0.3) is 0 Å². The second kappa shape index (κ2) is 45.6. The maximum Gasteiger partial charge on any atom is 0.268 e. The Morgan fingerprint density at radius 3 is 1.29 bits per heavy atom. The molecule has 0 radical (unpaired) electrons. The van der Waals surface area contributed by atoms with E-state index in [9.17, 15) is 19.4 Å². The fourth-order valence-electron chi connectivity index (χ4n) is 7.53. The number of amides is 1. The van der Waals surface area contributed by atoms with E-state index in [0.29, 0.717) is 17.4 Å². The molecule has 370 valence electrons. The molecule has 0 saturated carbocycles. The predicted molar refractivity (Wildman–Crippen MR) is 270 cm³/mol. The van der Waals surface area contributed by atoms with Crippen LogP contribution in [0.5, 0.6) is 0 Å².